The number of aryl methyl sites for hydroxylation is 2. The number of nitrogens with zero attached hydrogens (tertiary/aromatic N) is 4. The molecule has 0 N–H and O–H groups in total. The van der Waals surface area contributed by atoms with Crippen molar-refractivity contribution in [3.63, 3.8) is 0 Å². The van der Waals surface area contributed by atoms with Gasteiger partial charge < -0.3 is 4.90 Å². The first-order valence-corrected chi connectivity index (χ1v) is 14.0. The summed E-state index contributed by atoms with van der Waals surface area (Å²) in [5, 5.41) is 6.02. The Morgan fingerprint density at radius 3 is 2.46 bits per heavy atom. The molecule has 0 bridgehead atoms. The van der Waals surface area contributed by atoms with Gasteiger partial charge in [0.05, 0.1) is 21.3 Å². The largest absolute Gasteiger partial charge is 0.335 e. The molecule has 182 valence electrons. The Labute approximate surface area is 217 Å². The Morgan fingerprint density at radius 2 is 1.74 bits per heavy atom. The van der Waals surface area contributed by atoms with Crippen LogP contribution in [0.4, 0.5) is 0 Å². The van der Waals surface area contributed by atoms with Crippen LogP contribution < -0.4 is 0 Å². The van der Waals surface area contributed by atoms with Gasteiger partial charge in [-0.3, -0.25) is 4.79 Å². The van der Waals surface area contributed by atoms with Crippen molar-refractivity contribution in [3.8, 4) is 5.69 Å². The summed E-state index contributed by atoms with van der Waals surface area (Å²) in [5.41, 5.74) is 2.93. The molecule has 2 aromatic carbocycles. The molecule has 0 atom stereocenters. The van der Waals surface area contributed by atoms with Crippen molar-refractivity contribution in [1.29, 1.82) is 0 Å². The average molecular weight is 550 g/mol. The molecule has 0 radical (unpaired) electrons. The number of thiophene rings is 1. The summed E-state index contributed by atoms with van der Waals surface area (Å²) in [6, 6.07) is 14.3. The molecule has 0 saturated carbocycles. The van der Waals surface area contributed by atoms with E-state index >= 15 is 0 Å². The van der Waals surface area contributed by atoms with Crippen LogP contribution in [-0.4, -0.2) is 59.5 Å². The smallest absolute Gasteiger partial charge is 0.264 e. The Morgan fingerprint density at radius 1 is 1.00 bits per heavy atom. The van der Waals surface area contributed by atoms with E-state index in [2.05, 4.69) is 11.2 Å². The molecule has 5 rings (SSSR count). The number of benzene rings is 2. The fraction of sp³-hybridized carbons (Fsp3) is 0.250. The fourth-order valence-electron chi connectivity index (χ4n) is 4.19. The third kappa shape index (κ3) is 4.47. The summed E-state index contributed by atoms with van der Waals surface area (Å²) in [7, 11) is -3.82. The highest BCUT2D eigenvalue weighted by Gasteiger charge is 2.32. The molecule has 0 unspecified atom stereocenters. The van der Waals surface area contributed by atoms with Crippen molar-refractivity contribution in [2.75, 3.05) is 26.2 Å². The Kier molecular flexibility index (Phi) is 6.39. The van der Waals surface area contributed by atoms with Gasteiger partial charge in [-0.15, -0.1) is 11.3 Å². The molecule has 2 aromatic heterocycles. The number of sulfonamides is 1. The predicted octanol–water partition coefficient (Wildman–Crippen LogP) is 5.16. The molecule has 0 aliphatic carbocycles. The van der Waals surface area contributed by atoms with Crippen LogP contribution in [0.2, 0.25) is 10.0 Å². The minimum atomic E-state index is -3.82. The van der Waals surface area contributed by atoms with Crippen LogP contribution in [0, 0.1) is 13.8 Å². The van der Waals surface area contributed by atoms with Crippen LogP contribution >= 0.6 is 34.5 Å². The normalized spacial score (nSPS) is 15.1. The average Bonchev–Trinajstić information content (AvgIpc) is 3.40. The number of fused-ring (bicyclic) bond motifs is 1. The van der Waals surface area contributed by atoms with Gasteiger partial charge in [-0.2, -0.15) is 9.40 Å². The van der Waals surface area contributed by atoms with Crippen LogP contribution in [0.15, 0.2) is 53.4 Å². The summed E-state index contributed by atoms with van der Waals surface area (Å²) < 4.78 is 29.4. The van der Waals surface area contributed by atoms with Gasteiger partial charge in [0, 0.05) is 36.6 Å². The van der Waals surface area contributed by atoms with Gasteiger partial charge in [-0.1, -0.05) is 35.3 Å². The number of carbonyl (C=O) groups excluding carboxylic acids is 1. The maximum atomic E-state index is 13.3. The van der Waals surface area contributed by atoms with Crippen molar-refractivity contribution < 1.29 is 13.2 Å². The molecule has 1 amide bonds. The van der Waals surface area contributed by atoms with Gasteiger partial charge in [-0.05, 0) is 55.8 Å². The highest BCUT2D eigenvalue weighted by Crippen LogP contribution is 2.32. The van der Waals surface area contributed by atoms with E-state index in [1.165, 1.54) is 27.8 Å². The first-order chi connectivity index (χ1) is 16.6. The zero-order valence-electron chi connectivity index (χ0n) is 19.0. The topological polar surface area (TPSA) is 75.5 Å². The van der Waals surface area contributed by atoms with Gasteiger partial charge >= 0.3 is 0 Å². The van der Waals surface area contributed by atoms with Crippen LogP contribution in [0.5, 0.6) is 0 Å². The van der Waals surface area contributed by atoms with Gasteiger partial charge in [-0.25, -0.2) is 13.1 Å². The van der Waals surface area contributed by atoms with E-state index in [9.17, 15) is 13.2 Å². The van der Waals surface area contributed by atoms with Crippen molar-refractivity contribution in [3.05, 3.63) is 74.7 Å². The van der Waals surface area contributed by atoms with E-state index in [1.807, 2.05) is 42.8 Å². The summed E-state index contributed by atoms with van der Waals surface area (Å²) in [4.78, 5) is 16.5. The number of carbonyl (C=O) groups is 1. The molecule has 4 aromatic rings. The number of piperazine rings is 1. The highest BCUT2D eigenvalue weighted by atomic mass is 35.5. The maximum absolute atomic E-state index is 13.3. The van der Waals surface area contributed by atoms with Crippen molar-refractivity contribution in [2.45, 2.75) is 18.7 Å². The van der Waals surface area contributed by atoms with Crippen molar-refractivity contribution in [2.24, 2.45) is 0 Å². The van der Waals surface area contributed by atoms with Crippen LogP contribution in [0.25, 0.3) is 15.9 Å². The number of rotatable bonds is 4. The first-order valence-electron chi connectivity index (χ1n) is 11.0. The lowest BCUT2D eigenvalue weighted by Gasteiger charge is -2.34. The van der Waals surface area contributed by atoms with Crippen molar-refractivity contribution in [1.82, 2.24) is 19.0 Å². The first kappa shape index (κ1) is 24.3. The SMILES string of the molecule is Cc1cccc(-n2nc(C)c3cc(C(=O)N4CCN(S(=O)(=O)c5cc(Cl)ccc5Cl)CC4)sc32)c1. The summed E-state index contributed by atoms with van der Waals surface area (Å²) in [6.07, 6.45) is 0. The van der Waals surface area contributed by atoms with Crippen LogP contribution in [0.1, 0.15) is 20.9 Å². The molecule has 7 nitrogen and oxygen atoms in total. The maximum Gasteiger partial charge on any atom is 0.264 e. The minimum Gasteiger partial charge on any atom is -0.335 e. The lowest BCUT2D eigenvalue weighted by molar-refractivity contribution is 0.0703. The third-order valence-corrected chi connectivity index (χ3v) is 9.75. The molecule has 3 heterocycles. The van der Waals surface area contributed by atoms with Gasteiger partial charge in [0.1, 0.15) is 9.73 Å². The van der Waals surface area contributed by atoms with Crippen LogP contribution in [-0.2, 0) is 10.0 Å². The second-order valence-electron chi connectivity index (χ2n) is 8.44. The molecule has 1 saturated heterocycles. The van der Waals surface area contributed by atoms with Crippen LogP contribution in [0.3, 0.4) is 0 Å². The number of hydrogen-bond acceptors (Lipinski definition) is 5. The summed E-state index contributed by atoms with van der Waals surface area (Å²) in [5.74, 6) is -0.112. The quantitative estimate of drug-likeness (QED) is 0.353. The number of amides is 1. The molecular weight excluding hydrogens is 527 g/mol. The second kappa shape index (κ2) is 9.22. The minimum absolute atomic E-state index is 0.0212. The zero-order chi connectivity index (χ0) is 24.9. The lowest BCUT2D eigenvalue weighted by atomic mass is 10.2. The molecule has 1 fully saturated rings. The molecule has 1 aliphatic rings. The van der Waals surface area contributed by atoms with Gasteiger partial charge in [0.25, 0.3) is 5.91 Å². The van der Waals surface area contributed by atoms with E-state index in [-0.39, 0.29) is 42.0 Å². The molecular formula is C24H22Cl2N4O3S2. The second-order valence-corrected chi connectivity index (χ2v) is 12.2. The van der Waals surface area contributed by atoms with E-state index in [1.54, 1.807) is 11.0 Å². The standard InChI is InChI=1S/C24H22Cl2N4O3S2/c1-15-4-3-5-18(12-15)30-24-19(16(2)27-30)14-21(34-24)23(31)28-8-10-29(11-9-28)35(32,33)22-13-17(25)6-7-20(22)26/h3-7,12-14H,8-11H2,1-2H3. The number of aromatic nitrogens is 2. The summed E-state index contributed by atoms with van der Waals surface area (Å²) in [6.45, 7) is 4.89. The van der Waals surface area contributed by atoms with E-state index in [0.29, 0.717) is 9.90 Å². The van der Waals surface area contributed by atoms with E-state index < -0.39 is 10.0 Å². The third-order valence-electron chi connectivity index (χ3n) is 6.04. The number of hydrogen-bond donors (Lipinski definition) is 0. The fourth-order valence-corrected chi connectivity index (χ4v) is 7.50. The van der Waals surface area contributed by atoms with Gasteiger partial charge in [0.15, 0.2) is 0 Å². The molecule has 35 heavy (non-hydrogen) atoms. The number of halogens is 2. The van der Waals surface area contributed by atoms with E-state index in [4.69, 9.17) is 23.2 Å². The molecule has 1 aliphatic heterocycles. The predicted molar refractivity (Wildman–Crippen MR) is 140 cm³/mol. The molecule has 0 spiro atoms. The van der Waals surface area contributed by atoms with E-state index in [0.717, 1.165) is 27.2 Å². The lowest BCUT2D eigenvalue weighted by Crippen LogP contribution is -2.50. The summed E-state index contributed by atoms with van der Waals surface area (Å²) >= 11 is 13.5. The Bertz CT molecular complexity index is 1550. The van der Waals surface area contributed by atoms with Gasteiger partial charge in [0.2, 0.25) is 10.0 Å². The highest BCUT2D eigenvalue weighted by molar-refractivity contribution is 7.89. The monoisotopic (exact) mass is 548 g/mol. The Balaban J connectivity index is 1.35. The zero-order valence-corrected chi connectivity index (χ0v) is 22.2. The van der Waals surface area contributed by atoms with Crippen molar-refractivity contribution >= 4 is 60.7 Å². The Hall–Kier alpha value is -2.43. The molecule has 11 heteroatoms.